The number of anilines is 1. The maximum Gasteiger partial charge on any atom is 0.214 e. The minimum absolute atomic E-state index is 0.0838. The molecule has 0 radical (unpaired) electrons. The Balaban J connectivity index is 1.71. The van der Waals surface area contributed by atoms with Crippen LogP contribution in [0, 0.1) is 0 Å². The molecule has 0 bridgehead atoms. The summed E-state index contributed by atoms with van der Waals surface area (Å²) in [7, 11) is 0. The number of aromatic nitrogens is 4. The van der Waals surface area contributed by atoms with Crippen molar-refractivity contribution in [1.29, 1.82) is 0 Å². The molecule has 0 spiro atoms. The van der Waals surface area contributed by atoms with Gasteiger partial charge in [0.25, 0.3) is 0 Å². The summed E-state index contributed by atoms with van der Waals surface area (Å²) in [6, 6.07) is 6.04. The van der Waals surface area contributed by atoms with Gasteiger partial charge in [-0.25, -0.2) is 9.97 Å². The van der Waals surface area contributed by atoms with Gasteiger partial charge in [-0.15, -0.1) is 0 Å². The topological polar surface area (TPSA) is 79.0 Å². The molecule has 0 amide bonds. The number of aromatic amines is 1. The lowest BCUT2D eigenvalue weighted by atomic mass is 10.1. The Bertz CT molecular complexity index is 869. The molecular formula is C18H22N6O. The van der Waals surface area contributed by atoms with E-state index in [0.29, 0.717) is 5.88 Å². The van der Waals surface area contributed by atoms with Crippen LogP contribution in [0.15, 0.2) is 30.6 Å². The minimum Gasteiger partial charge on any atom is -0.475 e. The molecule has 1 saturated heterocycles. The molecule has 130 valence electrons. The molecule has 0 atom stereocenters. The smallest absolute Gasteiger partial charge is 0.214 e. The summed E-state index contributed by atoms with van der Waals surface area (Å²) in [5.41, 5.74) is 2.83. The number of pyridine rings is 2. The summed E-state index contributed by atoms with van der Waals surface area (Å²) in [6.45, 7) is 7.88. The molecule has 4 rings (SSSR count). The number of piperazine rings is 1. The number of fused-ring (bicyclic) bond motifs is 1. The number of ether oxygens (including phenoxy) is 1. The van der Waals surface area contributed by atoms with Crippen LogP contribution in [0.3, 0.4) is 0 Å². The lowest BCUT2D eigenvalue weighted by Gasteiger charge is -2.28. The van der Waals surface area contributed by atoms with Gasteiger partial charge in [-0.1, -0.05) is 0 Å². The average molecular weight is 338 g/mol. The van der Waals surface area contributed by atoms with E-state index in [0.717, 1.165) is 54.2 Å². The summed E-state index contributed by atoms with van der Waals surface area (Å²) in [5, 5.41) is 11.9. The molecule has 25 heavy (non-hydrogen) atoms. The third-order valence-corrected chi connectivity index (χ3v) is 4.24. The second-order valence-corrected chi connectivity index (χ2v) is 6.45. The molecule has 7 heteroatoms. The molecule has 7 nitrogen and oxygen atoms in total. The van der Waals surface area contributed by atoms with Crippen molar-refractivity contribution in [2.75, 3.05) is 31.1 Å². The SMILES string of the molecule is CC(C)Oc1cc2c(-c3ccnc(N4CCNCC4)c3)n[nH]c2cn1. The highest BCUT2D eigenvalue weighted by molar-refractivity contribution is 5.93. The number of nitrogens with zero attached hydrogens (tertiary/aromatic N) is 4. The van der Waals surface area contributed by atoms with E-state index < -0.39 is 0 Å². The first-order valence-corrected chi connectivity index (χ1v) is 8.63. The largest absolute Gasteiger partial charge is 0.475 e. The quantitative estimate of drug-likeness (QED) is 0.759. The Labute approximate surface area is 146 Å². The zero-order valence-corrected chi connectivity index (χ0v) is 14.5. The van der Waals surface area contributed by atoms with Gasteiger partial charge in [0.2, 0.25) is 5.88 Å². The Kier molecular flexibility index (Phi) is 4.23. The predicted molar refractivity (Wildman–Crippen MR) is 98.0 cm³/mol. The average Bonchev–Trinajstić information content (AvgIpc) is 3.05. The highest BCUT2D eigenvalue weighted by atomic mass is 16.5. The number of hydrogen-bond acceptors (Lipinski definition) is 6. The summed E-state index contributed by atoms with van der Waals surface area (Å²) in [6.07, 6.45) is 3.70. The molecule has 0 unspecified atom stereocenters. The molecule has 2 N–H and O–H groups in total. The Hall–Kier alpha value is -2.67. The van der Waals surface area contributed by atoms with Crippen molar-refractivity contribution in [3.05, 3.63) is 30.6 Å². The predicted octanol–water partition coefficient (Wildman–Crippen LogP) is 2.22. The Morgan fingerprint density at radius 1 is 1.16 bits per heavy atom. The van der Waals surface area contributed by atoms with Crippen LogP contribution in [0.2, 0.25) is 0 Å². The van der Waals surface area contributed by atoms with Crippen molar-refractivity contribution in [3.63, 3.8) is 0 Å². The molecule has 0 aromatic carbocycles. The Morgan fingerprint density at radius 2 is 2.00 bits per heavy atom. The van der Waals surface area contributed by atoms with Crippen LogP contribution < -0.4 is 15.0 Å². The third-order valence-electron chi connectivity index (χ3n) is 4.24. The van der Waals surface area contributed by atoms with Gasteiger partial charge in [0.1, 0.15) is 11.5 Å². The normalized spacial score (nSPS) is 15.1. The van der Waals surface area contributed by atoms with Crippen LogP contribution in [-0.2, 0) is 0 Å². The van der Waals surface area contributed by atoms with Crippen molar-refractivity contribution in [3.8, 4) is 17.1 Å². The first-order valence-electron chi connectivity index (χ1n) is 8.63. The molecule has 3 aromatic rings. The molecule has 1 aliphatic heterocycles. The number of rotatable bonds is 4. The van der Waals surface area contributed by atoms with Crippen molar-refractivity contribution in [2.24, 2.45) is 0 Å². The van der Waals surface area contributed by atoms with Crippen LogP contribution in [0.25, 0.3) is 22.2 Å². The van der Waals surface area contributed by atoms with E-state index in [9.17, 15) is 0 Å². The maximum absolute atomic E-state index is 5.72. The van der Waals surface area contributed by atoms with Crippen molar-refractivity contribution < 1.29 is 4.74 Å². The fourth-order valence-corrected chi connectivity index (χ4v) is 3.06. The van der Waals surface area contributed by atoms with Crippen molar-refractivity contribution >= 4 is 16.7 Å². The molecule has 4 heterocycles. The monoisotopic (exact) mass is 338 g/mol. The minimum atomic E-state index is 0.0838. The summed E-state index contributed by atoms with van der Waals surface area (Å²) in [4.78, 5) is 11.2. The highest BCUT2D eigenvalue weighted by Gasteiger charge is 2.15. The van der Waals surface area contributed by atoms with Gasteiger partial charge < -0.3 is 15.0 Å². The van der Waals surface area contributed by atoms with E-state index in [2.05, 4.69) is 36.4 Å². The lowest BCUT2D eigenvalue weighted by molar-refractivity contribution is 0.233. The number of nitrogens with one attached hydrogen (secondary N) is 2. The first-order chi connectivity index (χ1) is 12.2. The second kappa shape index (κ2) is 6.68. The number of hydrogen-bond donors (Lipinski definition) is 2. The van der Waals surface area contributed by atoms with Gasteiger partial charge in [-0.05, 0) is 26.0 Å². The van der Waals surface area contributed by atoms with E-state index in [1.54, 1.807) is 6.20 Å². The van der Waals surface area contributed by atoms with E-state index in [-0.39, 0.29) is 6.10 Å². The standard InChI is InChI=1S/C18H22N6O/c1-12(2)25-17-10-14-15(11-21-17)22-23-18(14)13-3-4-20-16(9-13)24-7-5-19-6-8-24/h3-4,9-12,19H,5-8H2,1-2H3,(H,22,23). The molecule has 1 fully saturated rings. The van der Waals surface area contributed by atoms with Crippen LogP contribution in [0.5, 0.6) is 5.88 Å². The third kappa shape index (κ3) is 3.28. The molecule has 0 aliphatic carbocycles. The summed E-state index contributed by atoms with van der Waals surface area (Å²) >= 11 is 0. The van der Waals surface area contributed by atoms with Gasteiger partial charge in [-0.3, -0.25) is 5.10 Å². The van der Waals surface area contributed by atoms with Crippen molar-refractivity contribution in [2.45, 2.75) is 20.0 Å². The van der Waals surface area contributed by atoms with Crippen LogP contribution in [0.1, 0.15) is 13.8 Å². The van der Waals surface area contributed by atoms with Crippen LogP contribution >= 0.6 is 0 Å². The van der Waals surface area contributed by atoms with Gasteiger partial charge >= 0.3 is 0 Å². The molecule has 1 aliphatic rings. The Morgan fingerprint density at radius 3 is 2.80 bits per heavy atom. The second-order valence-electron chi connectivity index (χ2n) is 6.45. The van der Waals surface area contributed by atoms with Crippen LogP contribution in [0.4, 0.5) is 5.82 Å². The first kappa shape index (κ1) is 15.8. The summed E-state index contributed by atoms with van der Waals surface area (Å²) in [5.74, 6) is 1.60. The molecule has 0 saturated carbocycles. The van der Waals surface area contributed by atoms with E-state index in [1.807, 2.05) is 32.2 Å². The number of H-pyrrole nitrogens is 1. The highest BCUT2D eigenvalue weighted by Crippen LogP contribution is 2.29. The fraction of sp³-hybridized carbons (Fsp3) is 0.389. The van der Waals surface area contributed by atoms with E-state index in [1.165, 1.54) is 0 Å². The molecular weight excluding hydrogens is 316 g/mol. The van der Waals surface area contributed by atoms with E-state index >= 15 is 0 Å². The maximum atomic E-state index is 5.72. The van der Waals surface area contributed by atoms with Crippen molar-refractivity contribution in [1.82, 2.24) is 25.5 Å². The van der Waals surface area contributed by atoms with Gasteiger partial charge in [-0.2, -0.15) is 5.10 Å². The summed E-state index contributed by atoms with van der Waals surface area (Å²) < 4.78 is 5.72. The lowest BCUT2D eigenvalue weighted by Crippen LogP contribution is -2.43. The van der Waals surface area contributed by atoms with Gasteiger partial charge in [0, 0.05) is 49.4 Å². The van der Waals surface area contributed by atoms with Gasteiger partial charge in [0.15, 0.2) is 0 Å². The zero-order valence-electron chi connectivity index (χ0n) is 14.5. The van der Waals surface area contributed by atoms with Crippen LogP contribution in [-0.4, -0.2) is 52.4 Å². The zero-order chi connectivity index (χ0) is 17.2. The van der Waals surface area contributed by atoms with E-state index in [4.69, 9.17) is 4.74 Å². The van der Waals surface area contributed by atoms with Gasteiger partial charge in [0.05, 0.1) is 17.8 Å². The molecule has 3 aromatic heterocycles. The fourth-order valence-electron chi connectivity index (χ4n) is 3.06.